The summed E-state index contributed by atoms with van der Waals surface area (Å²) in [4.78, 5) is 145. The van der Waals surface area contributed by atoms with E-state index in [4.69, 9.17) is 54.1 Å². The number of esters is 5. The Morgan fingerprint density at radius 3 is 1.12 bits per heavy atom. The number of aromatic carboxylic acids is 1. The number of aromatic amines is 7. The van der Waals surface area contributed by atoms with Crippen LogP contribution in [0.2, 0.25) is 15.1 Å². The van der Waals surface area contributed by atoms with Crippen molar-refractivity contribution in [2.24, 2.45) is 0 Å². The second kappa shape index (κ2) is 56.0. The van der Waals surface area contributed by atoms with Gasteiger partial charge in [-0.15, -0.1) is 0 Å². The minimum atomic E-state index is -1.01. The summed E-state index contributed by atoms with van der Waals surface area (Å²) in [7, 11) is 0. The molecule has 714 valence electrons. The van der Waals surface area contributed by atoms with Gasteiger partial charge in [0.1, 0.15) is 11.6 Å². The molecule has 34 heteroatoms. The molecule has 0 aliphatic carbocycles. The molecule has 0 aliphatic heterocycles. The third kappa shape index (κ3) is 36.7. The Morgan fingerprint density at radius 1 is 0.338 bits per heavy atom. The number of carboxylic acid groups (broad SMARTS) is 1. The van der Waals surface area contributed by atoms with Crippen molar-refractivity contribution in [1.29, 1.82) is 0 Å². The number of nitrogens with one attached hydrogen (secondary N) is 7. The Bertz CT molecular complexity index is 6950. The van der Waals surface area contributed by atoms with E-state index in [9.17, 15) is 62.3 Å². The Hall–Kier alpha value is -16.5. The molecule has 10 aromatic carbocycles. The highest BCUT2D eigenvalue weighted by Crippen LogP contribution is 2.25. The lowest BCUT2D eigenvalue weighted by Crippen LogP contribution is -2.27. The maximum Gasteiger partial charge on any atom is 0.375 e. The van der Waals surface area contributed by atoms with Crippen LogP contribution >= 0.6 is 34.8 Å². The van der Waals surface area contributed by atoms with Crippen molar-refractivity contribution in [3.05, 3.63) is 433 Å². The minimum Gasteiger partial charge on any atom is -0.476 e. The summed E-state index contributed by atoms with van der Waals surface area (Å²) in [6.07, 6.45) is 3.89. The van der Waals surface area contributed by atoms with Crippen LogP contribution in [0.5, 0.6) is 5.75 Å². The summed E-state index contributed by atoms with van der Waals surface area (Å²) in [6.45, 7) is 10.6. The van der Waals surface area contributed by atoms with Crippen LogP contribution in [0, 0.1) is 0 Å². The van der Waals surface area contributed by atoms with E-state index in [2.05, 4.69) is 88.9 Å². The second-order valence-corrected chi connectivity index (χ2v) is 31.6. The molecule has 0 saturated heterocycles. The molecule has 139 heavy (non-hydrogen) atoms. The number of aromatic nitrogens is 12. The van der Waals surface area contributed by atoms with E-state index in [1.54, 1.807) is 95.3 Å². The van der Waals surface area contributed by atoms with Gasteiger partial charge >= 0.3 is 46.9 Å². The fraction of sp³-hybridized carbons (Fsp3) is 0.181. The molecular weight excluding hydrogens is 1840 g/mol. The van der Waals surface area contributed by atoms with Crippen molar-refractivity contribution in [3.8, 4) is 5.75 Å². The molecule has 6 aromatic heterocycles. The summed E-state index contributed by atoms with van der Waals surface area (Å²) < 4.78 is 23.9. The second-order valence-electron chi connectivity index (χ2n) is 30.3. The lowest BCUT2D eigenvalue weighted by Gasteiger charge is -2.07. The van der Waals surface area contributed by atoms with Gasteiger partial charge < -0.3 is 33.9 Å². The lowest BCUT2D eigenvalue weighted by atomic mass is 10.0. The van der Waals surface area contributed by atoms with Crippen molar-refractivity contribution in [3.63, 3.8) is 0 Å². The molecule has 0 amide bonds. The van der Waals surface area contributed by atoms with Gasteiger partial charge in [-0.2, -0.15) is 25.5 Å². The van der Waals surface area contributed by atoms with Crippen LogP contribution in [-0.4, -0.2) is 152 Å². The van der Waals surface area contributed by atoms with Crippen molar-refractivity contribution in [2.45, 2.75) is 99.3 Å². The normalized spacial score (nSPS) is 10.3. The van der Waals surface area contributed by atoms with Crippen LogP contribution in [0.3, 0.4) is 0 Å². The van der Waals surface area contributed by atoms with Gasteiger partial charge in [0.25, 0.3) is 0 Å². The number of Topliss-reactive ketones (excluding diaryl/α,β-unsaturated/α-hetero) is 4. The van der Waals surface area contributed by atoms with Gasteiger partial charge in [-0.1, -0.05) is 247 Å². The highest BCUT2D eigenvalue weighted by molar-refractivity contribution is 6.37. The van der Waals surface area contributed by atoms with Crippen LogP contribution in [0.15, 0.2) is 300 Å². The van der Waals surface area contributed by atoms with Crippen molar-refractivity contribution in [2.75, 3.05) is 26.4 Å². The van der Waals surface area contributed by atoms with Crippen LogP contribution in [0.4, 0.5) is 0 Å². The molecule has 0 aliphatic rings. The Morgan fingerprint density at radius 2 is 0.712 bits per heavy atom. The van der Waals surface area contributed by atoms with Gasteiger partial charge in [0.2, 0.25) is 17.0 Å². The number of rotatable bonds is 29. The van der Waals surface area contributed by atoms with E-state index in [1.165, 1.54) is 24.6 Å². The number of H-pyrrole nitrogens is 7. The highest BCUT2D eigenvalue weighted by atomic mass is 35.5. The third-order valence-electron chi connectivity index (χ3n) is 19.4. The van der Waals surface area contributed by atoms with E-state index in [1.807, 2.05) is 194 Å². The number of nitrogens with zero attached hydrogens (tertiary/aromatic N) is 5. The van der Waals surface area contributed by atoms with Gasteiger partial charge in [0, 0.05) is 114 Å². The predicted molar refractivity (Wildman–Crippen MR) is 526 cm³/mol. The van der Waals surface area contributed by atoms with Crippen LogP contribution < -0.4 is 21.3 Å². The number of hydrogen-bond donors (Lipinski definition) is 8. The van der Waals surface area contributed by atoms with Crippen LogP contribution in [0.1, 0.15) is 169 Å². The van der Waals surface area contributed by atoms with E-state index in [0.717, 1.165) is 89.7 Å². The molecule has 0 atom stereocenters. The largest absolute Gasteiger partial charge is 0.476 e. The van der Waals surface area contributed by atoms with Crippen molar-refractivity contribution < 1.29 is 76.7 Å². The monoisotopic (exact) mass is 1940 g/mol. The van der Waals surface area contributed by atoms with E-state index in [-0.39, 0.29) is 54.3 Å². The van der Waals surface area contributed by atoms with Gasteiger partial charge in [-0.05, 0) is 161 Å². The molecule has 0 spiro atoms. The first kappa shape index (κ1) is 106. The number of halogens is 3. The van der Waals surface area contributed by atoms with Gasteiger partial charge in [0.15, 0.2) is 28.5 Å². The molecule has 6 heterocycles. The minimum absolute atomic E-state index is 0.0564. The Balaban J connectivity index is 0.000000183. The molecule has 0 unspecified atom stereocenters. The Kier molecular flexibility index (Phi) is 42.8. The van der Waals surface area contributed by atoms with E-state index in [0.29, 0.717) is 89.6 Å². The summed E-state index contributed by atoms with van der Waals surface area (Å²) in [5.74, 6) is -5.85. The molecule has 16 aromatic rings. The van der Waals surface area contributed by atoms with Crippen molar-refractivity contribution in [1.82, 2.24) is 61.2 Å². The number of carboxylic acids is 1. The number of benzene rings is 10. The van der Waals surface area contributed by atoms with Gasteiger partial charge in [-0.3, -0.25) is 59.1 Å². The zero-order chi connectivity index (χ0) is 100.0. The summed E-state index contributed by atoms with van der Waals surface area (Å²) in [5.41, 5.74) is 12.1. The SMILES string of the molecule is CC(=O)Cc1ccc(Cl)cc1.CCOC(=O)C(=O)CC(=O)Cc1ccc(Cl)cc1.CCOC(=O)C(C)=O.CCOC(=O)c1cc(Cc2ccc(Cl)cc2)[nH]n1.CCOC(=O)c1cc(Cc2ccccc2)[nH]n1.O=C(O)c1cc(Cc2ccccc2)[nH]n1.O=C(Oc1cc(Cc2cccc3ccccc23)n[nH]c1=O)c1cc(Cc2ccccc2)[nH]n1.O=c1cc(Cc2cccc3ccccc23)[nH][nH]c1=O. The van der Waals surface area contributed by atoms with Crippen LogP contribution in [0.25, 0.3) is 21.5 Å². The number of ether oxygens (including phenoxy) is 5. The zero-order valence-electron chi connectivity index (χ0n) is 76.5. The fourth-order valence-corrected chi connectivity index (χ4v) is 13.4. The molecule has 0 saturated carbocycles. The van der Waals surface area contributed by atoms with Crippen LogP contribution in [-0.2, 0) is 99.1 Å². The number of hydrogen-bond acceptors (Lipinski definition) is 23. The standard InChI is InChI=1S/C26H20N4O3.C15H12N2O2.C13H13ClN2O2.C13H13ClO4.C13H14N2O2.C11H10N2O2.C9H9ClO.C5H8O3/c31-25-24(33-26(32)23-15-20(27-29-23)13-17-7-2-1-3-8-17)16-21(28-30-25)14-19-11-6-10-18-9-4-5-12-22(18)19;18-14-9-12(16-17-15(14)19)8-11-6-3-5-10-4-1-2-7-13(10)11;1-2-18-13(17)12-8-11(15-16-12)7-9-3-5-10(14)6-4-9;1-2-18-13(17)12(16)8-11(15)7-9-3-5-10(14)6-4-9;1-2-17-13(16)12-9-11(14-15-12)8-10-6-4-3-5-7-10;14-11(15)10-7-9(12-13-10)6-8-4-2-1-3-5-8;1-7(11)6-8-2-4-9(10)5-3-8;1-3-8-5(7)4(2)6/h1-12,15-16H,13-14H2,(H,27,29)(H,30,31);1-7,9H,8H2,(H,16,18)(H,17,19);3-6,8H,2,7H2,1H3,(H,15,16);3-6H,2,7-8H2,1H3;3-7,9H,2,8H2,1H3,(H,14,15);1-5,7H,6H2,(H,12,13)(H,14,15);2-5H,6H2,1H3;3H2,1-2H3. The average molecular weight is 1940 g/mol. The van der Waals surface area contributed by atoms with E-state index >= 15 is 0 Å². The molecule has 0 radical (unpaired) electrons. The first-order valence-electron chi connectivity index (χ1n) is 43.6. The first-order valence-corrected chi connectivity index (χ1v) is 44.7. The molecule has 0 bridgehead atoms. The summed E-state index contributed by atoms with van der Waals surface area (Å²) >= 11 is 17.2. The number of carbonyl (C=O) groups excluding carboxylic acids is 9. The molecule has 0 fully saturated rings. The first-order chi connectivity index (χ1) is 67.0. The average Bonchev–Trinajstić information content (AvgIpc) is 1.78. The topological polar surface area (TPSA) is 463 Å². The number of fused-ring (bicyclic) bond motifs is 2. The predicted octanol–water partition coefficient (Wildman–Crippen LogP) is 17.1. The van der Waals surface area contributed by atoms with Crippen molar-refractivity contribution >= 4 is 115 Å². The highest BCUT2D eigenvalue weighted by Gasteiger charge is 2.22. The quantitative estimate of drug-likeness (QED) is 0.00934. The van der Waals surface area contributed by atoms with Gasteiger partial charge in [-0.25, -0.2) is 33.9 Å². The number of ketones is 4. The maximum atomic E-state index is 12.6. The van der Waals surface area contributed by atoms with E-state index < -0.39 is 64.4 Å². The Labute approximate surface area is 812 Å². The van der Waals surface area contributed by atoms with Gasteiger partial charge in [0.05, 0.1) is 38.5 Å². The molecular formula is C105H99Cl3N12O19. The molecule has 31 nitrogen and oxygen atoms in total. The summed E-state index contributed by atoms with van der Waals surface area (Å²) in [5, 5.41) is 53.6. The summed E-state index contributed by atoms with van der Waals surface area (Å²) in [6, 6.07) is 88.9. The number of carbonyl (C=O) groups is 10. The maximum absolute atomic E-state index is 12.6. The molecule has 16 rings (SSSR count). The zero-order valence-corrected chi connectivity index (χ0v) is 78.8. The smallest absolute Gasteiger partial charge is 0.375 e. The molecule has 8 N–H and O–H groups in total. The lowest BCUT2D eigenvalue weighted by molar-refractivity contribution is -0.154. The third-order valence-corrected chi connectivity index (χ3v) is 20.2. The fourth-order valence-electron chi connectivity index (χ4n) is 13.0.